The van der Waals surface area contributed by atoms with Crippen molar-refractivity contribution >= 4 is 35.1 Å². The number of carbonyl (C=O) groups excluding carboxylic acids is 2. The molecule has 0 unspecified atom stereocenters. The maximum Gasteiger partial charge on any atom is 0.338 e. The number of amides is 1. The minimum absolute atomic E-state index is 0.0962. The first-order valence-corrected chi connectivity index (χ1v) is 8.42. The molecule has 0 bridgehead atoms. The van der Waals surface area contributed by atoms with Crippen molar-refractivity contribution in [2.24, 2.45) is 11.8 Å². The van der Waals surface area contributed by atoms with Gasteiger partial charge in [-0.05, 0) is 30.4 Å². The van der Waals surface area contributed by atoms with Gasteiger partial charge in [0.05, 0.1) is 5.56 Å². The Balaban J connectivity index is 1.85. The number of halogens is 2. The number of carbonyl (C=O) groups is 2. The average Bonchev–Trinajstić information content (AvgIpc) is 2.48. The number of rotatable bonds is 4. The first-order chi connectivity index (χ1) is 10.9. The van der Waals surface area contributed by atoms with Crippen molar-refractivity contribution in [1.29, 1.82) is 0 Å². The van der Waals surface area contributed by atoms with Gasteiger partial charge in [-0.1, -0.05) is 49.9 Å². The first-order valence-electron chi connectivity index (χ1n) is 7.66. The molecule has 0 aliphatic heterocycles. The number of hydrogen-bond donors (Lipinski definition) is 1. The summed E-state index contributed by atoms with van der Waals surface area (Å²) in [6, 6.07) is 2.83. The van der Waals surface area contributed by atoms with E-state index >= 15 is 0 Å². The summed E-state index contributed by atoms with van der Waals surface area (Å²) in [7, 11) is 0. The summed E-state index contributed by atoms with van der Waals surface area (Å²) >= 11 is 11.5. The van der Waals surface area contributed by atoms with Crippen LogP contribution in [0.5, 0.6) is 0 Å². The quantitative estimate of drug-likeness (QED) is 0.660. The number of aromatic nitrogens is 1. The van der Waals surface area contributed by atoms with Crippen molar-refractivity contribution in [3.05, 3.63) is 28.0 Å². The van der Waals surface area contributed by atoms with E-state index in [2.05, 4.69) is 24.1 Å². The van der Waals surface area contributed by atoms with E-state index in [0.717, 1.165) is 12.8 Å². The highest BCUT2D eigenvalue weighted by atomic mass is 35.5. The number of pyridine rings is 1. The van der Waals surface area contributed by atoms with Crippen molar-refractivity contribution in [2.75, 3.05) is 6.61 Å². The molecule has 1 aromatic heterocycles. The Bertz CT molecular complexity index is 574. The molecule has 1 aromatic rings. The van der Waals surface area contributed by atoms with E-state index in [0.29, 0.717) is 11.8 Å². The molecule has 0 aromatic carbocycles. The Morgan fingerprint density at radius 2 is 1.91 bits per heavy atom. The Kier molecular flexibility index (Phi) is 6.25. The normalized spacial score (nSPS) is 24.1. The second-order valence-corrected chi connectivity index (χ2v) is 6.79. The van der Waals surface area contributed by atoms with Crippen LogP contribution in [0.3, 0.4) is 0 Å². The van der Waals surface area contributed by atoms with Crippen LogP contribution in [0.2, 0.25) is 10.3 Å². The summed E-state index contributed by atoms with van der Waals surface area (Å²) in [5, 5.41) is 3.14. The molecule has 126 valence electrons. The third-order valence-corrected chi connectivity index (χ3v) is 4.77. The van der Waals surface area contributed by atoms with Crippen LogP contribution in [0.4, 0.5) is 0 Å². The lowest BCUT2D eigenvalue weighted by molar-refractivity contribution is -0.125. The standard InChI is InChI=1S/C16H20Cl2N2O3/c1-9-4-3-5-12(10(9)2)19-15(21)8-23-16(22)11-6-13(17)20-14(18)7-11/h6-7,9-10,12H,3-5,8H2,1-2H3,(H,19,21)/t9-,10+,12+/m0/s1. The Hall–Kier alpha value is -1.33. The lowest BCUT2D eigenvalue weighted by atomic mass is 9.78. The van der Waals surface area contributed by atoms with Gasteiger partial charge in [-0.15, -0.1) is 0 Å². The third-order valence-electron chi connectivity index (χ3n) is 4.39. The lowest BCUT2D eigenvalue weighted by Crippen LogP contribution is -2.45. The van der Waals surface area contributed by atoms with Crippen LogP contribution in [-0.4, -0.2) is 29.5 Å². The summed E-state index contributed by atoms with van der Waals surface area (Å²) in [6.45, 7) is 4.01. The van der Waals surface area contributed by atoms with E-state index in [1.165, 1.54) is 18.6 Å². The zero-order valence-corrected chi connectivity index (χ0v) is 14.7. The van der Waals surface area contributed by atoms with E-state index in [-0.39, 0.29) is 34.4 Å². The van der Waals surface area contributed by atoms with E-state index in [1.54, 1.807) is 0 Å². The van der Waals surface area contributed by atoms with Crippen molar-refractivity contribution in [2.45, 2.75) is 39.2 Å². The Labute approximate surface area is 145 Å². The fraction of sp³-hybridized carbons (Fsp3) is 0.562. The maximum atomic E-state index is 12.0. The van der Waals surface area contributed by atoms with Crippen molar-refractivity contribution in [3.63, 3.8) is 0 Å². The fourth-order valence-electron chi connectivity index (χ4n) is 2.83. The smallest absolute Gasteiger partial charge is 0.338 e. The third kappa shape index (κ3) is 5.08. The molecule has 5 nitrogen and oxygen atoms in total. The summed E-state index contributed by atoms with van der Waals surface area (Å²) in [6.07, 6.45) is 3.25. The van der Waals surface area contributed by atoms with Crippen LogP contribution in [-0.2, 0) is 9.53 Å². The van der Waals surface area contributed by atoms with Crippen molar-refractivity contribution in [1.82, 2.24) is 10.3 Å². The summed E-state index contributed by atoms with van der Waals surface area (Å²) < 4.78 is 5.01. The summed E-state index contributed by atoms with van der Waals surface area (Å²) in [5.41, 5.74) is 0.169. The zero-order chi connectivity index (χ0) is 17.0. The van der Waals surface area contributed by atoms with Gasteiger partial charge in [-0.3, -0.25) is 4.79 Å². The number of ether oxygens (including phenoxy) is 1. The predicted octanol–water partition coefficient (Wildman–Crippen LogP) is 3.49. The largest absolute Gasteiger partial charge is 0.452 e. The van der Waals surface area contributed by atoms with Gasteiger partial charge in [0.25, 0.3) is 5.91 Å². The minimum atomic E-state index is -0.656. The topological polar surface area (TPSA) is 68.3 Å². The van der Waals surface area contributed by atoms with Crippen molar-refractivity contribution in [3.8, 4) is 0 Å². The van der Waals surface area contributed by atoms with Crippen LogP contribution in [0.15, 0.2) is 12.1 Å². The SMILES string of the molecule is C[C@@H]1[C@@H](C)CCC[C@H]1NC(=O)COC(=O)c1cc(Cl)nc(Cl)c1. The van der Waals surface area contributed by atoms with Gasteiger partial charge in [0.1, 0.15) is 10.3 Å². The molecule has 0 radical (unpaired) electrons. The van der Waals surface area contributed by atoms with Gasteiger partial charge in [-0.25, -0.2) is 9.78 Å². The molecular formula is C16H20Cl2N2O3. The maximum absolute atomic E-state index is 12.0. The van der Waals surface area contributed by atoms with Crippen molar-refractivity contribution < 1.29 is 14.3 Å². The van der Waals surface area contributed by atoms with Crippen LogP contribution in [0.1, 0.15) is 43.5 Å². The molecule has 23 heavy (non-hydrogen) atoms. The molecular weight excluding hydrogens is 339 g/mol. The summed E-state index contributed by atoms with van der Waals surface area (Å²) in [4.78, 5) is 27.6. The zero-order valence-electron chi connectivity index (χ0n) is 13.1. The second-order valence-electron chi connectivity index (χ2n) is 6.02. The van der Waals surface area contributed by atoms with Gasteiger partial charge in [0.2, 0.25) is 0 Å². The van der Waals surface area contributed by atoms with Gasteiger partial charge >= 0.3 is 5.97 Å². The molecule has 3 atom stereocenters. The first kappa shape index (κ1) is 18.0. The number of esters is 1. The van der Waals surface area contributed by atoms with E-state index in [4.69, 9.17) is 27.9 Å². The molecule has 7 heteroatoms. The molecule has 1 aliphatic carbocycles. The average molecular weight is 359 g/mol. The Morgan fingerprint density at radius 3 is 2.57 bits per heavy atom. The van der Waals surface area contributed by atoms with Gasteiger partial charge in [0.15, 0.2) is 6.61 Å². The second kappa shape index (κ2) is 7.97. The van der Waals surface area contributed by atoms with Gasteiger partial charge in [0, 0.05) is 6.04 Å². The van der Waals surface area contributed by atoms with E-state index in [1.807, 2.05) is 0 Å². The Morgan fingerprint density at radius 1 is 1.26 bits per heavy atom. The minimum Gasteiger partial charge on any atom is -0.452 e. The number of nitrogens with zero attached hydrogens (tertiary/aromatic N) is 1. The highest BCUT2D eigenvalue weighted by Gasteiger charge is 2.28. The highest BCUT2D eigenvalue weighted by molar-refractivity contribution is 6.32. The molecule has 2 rings (SSSR count). The van der Waals surface area contributed by atoms with Crippen LogP contribution >= 0.6 is 23.2 Å². The molecule has 0 spiro atoms. The molecule has 0 saturated heterocycles. The van der Waals surface area contributed by atoms with Crippen LogP contribution < -0.4 is 5.32 Å². The fourth-order valence-corrected chi connectivity index (χ4v) is 3.29. The molecule has 1 aliphatic rings. The molecule has 1 fully saturated rings. The van der Waals surface area contributed by atoms with E-state index < -0.39 is 5.97 Å². The molecule has 1 heterocycles. The van der Waals surface area contributed by atoms with Crippen LogP contribution in [0, 0.1) is 11.8 Å². The monoisotopic (exact) mass is 358 g/mol. The molecule has 1 N–H and O–H groups in total. The van der Waals surface area contributed by atoms with Crippen LogP contribution in [0.25, 0.3) is 0 Å². The van der Waals surface area contributed by atoms with Gasteiger partial charge < -0.3 is 10.1 Å². The lowest BCUT2D eigenvalue weighted by Gasteiger charge is -2.34. The number of nitrogens with one attached hydrogen (secondary N) is 1. The number of hydrogen-bond acceptors (Lipinski definition) is 4. The molecule has 1 amide bonds. The summed E-state index contributed by atoms with van der Waals surface area (Å²) in [5.74, 6) is 0.0471. The van der Waals surface area contributed by atoms with E-state index in [9.17, 15) is 9.59 Å². The van der Waals surface area contributed by atoms with Gasteiger partial charge in [-0.2, -0.15) is 0 Å². The highest BCUT2D eigenvalue weighted by Crippen LogP contribution is 2.29. The predicted molar refractivity (Wildman–Crippen MR) is 88.6 cm³/mol. The molecule has 1 saturated carbocycles.